The molecule has 1 aliphatic heterocycles. The van der Waals surface area contributed by atoms with E-state index in [2.05, 4.69) is 19.2 Å². The summed E-state index contributed by atoms with van der Waals surface area (Å²) >= 11 is 0. The lowest BCUT2D eigenvalue weighted by atomic mass is 9.76. The SMILES string of the molecule is CCNC1CCC(C)CC1CC1CCC2(CCCC2)O1. The summed E-state index contributed by atoms with van der Waals surface area (Å²) in [4.78, 5) is 0. The lowest BCUT2D eigenvalue weighted by Gasteiger charge is -2.37. The van der Waals surface area contributed by atoms with Gasteiger partial charge in [0.1, 0.15) is 0 Å². The third kappa shape index (κ3) is 3.22. The van der Waals surface area contributed by atoms with E-state index < -0.39 is 0 Å². The first-order valence-corrected chi connectivity index (χ1v) is 9.12. The average Bonchev–Trinajstić information content (AvgIpc) is 3.04. The van der Waals surface area contributed by atoms with Gasteiger partial charge in [-0.15, -0.1) is 0 Å². The van der Waals surface area contributed by atoms with E-state index in [0.717, 1.165) is 24.4 Å². The van der Waals surface area contributed by atoms with Crippen LogP contribution >= 0.6 is 0 Å². The van der Waals surface area contributed by atoms with E-state index in [1.165, 1.54) is 64.2 Å². The number of hydrogen-bond acceptors (Lipinski definition) is 2. The Morgan fingerprint density at radius 1 is 1.10 bits per heavy atom. The van der Waals surface area contributed by atoms with Crippen molar-refractivity contribution in [2.45, 2.75) is 95.8 Å². The number of nitrogens with one attached hydrogen (secondary N) is 1. The maximum atomic E-state index is 6.55. The van der Waals surface area contributed by atoms with Crippen LogP contribution in [0, 0.1) is 11.8 Å². The van der Waals surface area contributed by atoms with Crippen molar-refractivity contribution in [1.82, 2.24) is 5.32 Å². The third-order valence-electron chi connectivity index (χ3n) is 6.13. The molecule has 4 atom stereocenters. The van der Waals surface area contributed by atoms with Crippen molar-refractivity contribution in [3.8, 4) is 0 Å². The highest BCUT2D eigenvalue weighted by atomic mass is 16.5. The minimum Gasteiger partial charge on any atom is -0.372 e. The molecule has 2 saturated carbocycles. The van der Waals surface area contributed by atoms with E-state index in [1.54, 1.807) is 0 Å². The van der Waals surface area contributed by atoms with Gasteiger partial charge >= 0.3 is 0 Å². The molecule has 1 heterocycles. The van der Waals surface area contributed by atoms with Crippen LogP contribution in [-0.4, -0.2) is 24.3 Å². The molecule has 2 nitrogen and oxygen atoms in total. The standard InChI is InChI=1S/C18H33NO/c1-3-19-17-7-6-14(2)12-15(17)13-16-8-11-18(20-16)9-4-5-10-18/h14-17,19H,3-13H2,1-2H3. The molecule has 0 radical (unpaired) electrons. The van der Waals surface area contributed by atoms with Gasteiger partial charge in [-0.3, -0.25) is 0 Å². The van der Waals surface area contributed by atoms with Gasteiger partial charge in [-0.05, 0) is 69.7 Å². The zero-order valence-corrected chi connectivity index (χ0v) is 13.5. The molecule has 0 aromatic heterocycles. The van der Waals surface area contributed by atoms with E-state index in [0.29, 0.717) is 11.7 Å². The van der Waals surface area contributed by atoms with Gasteiger partial charge in [-0.1, -0.05) is 26.7 Å². The van der Waals surface area contributed by atoms with Crippen LogP contribution in [0.1, 0.15) is 78.1 Å². The summed E-state index contributed by atoms with van der Waals surface area (Å²) in [6.07, 6.45) is 14.2. The van der Waals surface area contributed by atoms with Crippen LogP contribution in [0.2, 0.25) is 0 Å². The quantitative estimate of drug-likeness (QED) is 0.829. The Balaban J connectivity index is 1.55. The lowest BCUT2D eigenvalue weighted by Crippen LogP contribution is -2.41. The molecule has 0 amide bonds. The fraction of sp³-hybridized carbons (Fsp3) is 1.00. The molecule has 1 saturated heterocycles. The molecule has 20 heavy (non-hydrogen) atoms. The van der Waals surface area contributed by atoms with Gasteiger partial charge in [0.2, 0.25) is 0 Å². The van der Waals surface area contributed by atoms with E-state index in [4.69, 9.17) is 4.74 Å². The average molecular weight is 279 g/mol. The Bertz CT molecular complexity index is 311. The summed E-state index contributed by atoms with van der Waals surface area (Å²) in [6.45, 7) is 5.79. The molecule has 1 N–H and O–H groups in total. The van der Waals surface area contributed by atoms with E-state index in [1.807, 2.05) is 0 Å². The highest BCUT2D eigenvalue weighted by molar-refractivity contribution is 4.94. The van der Waals surface area contributed by atoms with Crippen LogP contribution in [0.5, 0.6) is 0 Å². The van der Waals surface area contributed by atoms with Crippen molar-refractivity contribution in [3.05, 3.63) is 0 Å². The Morgan fingerprint density at radius 2 is 1.90 bits per heavy atom. The molecular formula is C18H33NO. The zero-order valence-electron chi connectivity index (χ0n) is 13.5. The van der Waals surface area contributed by atoms with Crippen molar-refractivity contribution >= 4 is 0 Å². The van der Waals surface area contributed by atoms with Gasteiger partial charge in [0.05, 0.1) is 11.7 Å². The smallest absolute Gasteiger partial charge is 0.0687 e. The zero-order chi connectivity index (χ0) is 14.0. The Labute approximate surface area is 125 Å². The second kappa shape index (κ2) is 6.36. The Hall–Kier alpha value is -0.0800. The van der Waals surface area contributed by atoms with Crippen LogP contribution in [0.25, 0.3) is 0 Å². The van der Waals surface area contributed by atoms with E-state index >= 15 is 0 Å². The molecular weight excluding hydrogens is 246 g/mol. The highest BCUT2D eigenvalue weighted by Gasteiger charge is 2.43. The first kappa shape index (κ1) is 14.8. The summed E-state index contributed by atoms with van der Waals surface area (Å²) in [5, 5.41) is 3.73. The molecule has 3 rings (SSSR count). The monoisotopic (exact) mass is 279 g/mol. The summed E-state index contributed by atoms with van der Waals surface area (Å²) in [5.74, 6) is 1.76. The molecule has 3 fully saturated rings. The summed E-state index contributed by atoms with van der Waals surface area (Å²) in [5.41, 5.74) is 0.318. The van der Waals surface area contributed by atoms with Gasteiger partial charge in [-0.25, -0.2) is 0 Å². The first-order chi connectivity index (χ1) is 9.71. The minimum absolute atomic E-state index is 0.318. The first-order valence-electron chi connectivity index (χ1n) is 9.12. The van der Waals surface area contributed by atoms with Crippen LogP contribution < -0.4 is 5.32 Å². The van der Waals surface area contributed by atoms with Crippen molar-refractivity contribution in [2.75, 3.05) is 6.54 Å². The van der Waals surface area contributed by atoms with Gasteiger partial charge in [0.15, 0.2) is 0 Å². The van der Waals surface area contributed by atoms with Gasteiger partial charge < -0.3 is 10.1 Å². The minimum atomic E-state index is 0.318. The molecule has 0 bridgehead atoms. The molecule has 1 spiro atoms. The predicted molar refractivity (Wildman–Crippen MR) is 83.9 cm³/mol. The molecule has 0 aromatic rings. The fourth-order valence-corrected chi connectivity index (χ4v) is 5.08. The molecule has 0 aromatic carbocycles. The van der Waals surface area contributed by atoms with E-state index in [-0.39, 0.29) is 0 Å². The lowest BCUT2D eigenvalue weighted by molar-refractivity contribution is -0.0486. The maximum Gasteiger partial charge on any atom is 0.0687 e. The third-order valence-corrected chi connectivity index (χ3v) is 6.13. The highest BCUT2D eigenvalue weighted by Crippen LogP contribution is 2.45. The second-order valence-electron chi connectivity index (χ2n) is 7.75. The Morgan fingerprint density at radius 3 is 2.65 bits per heavy atom. The molecule has 4 unspecified atom stereocenters. The van der Waals surface area contributed by atoms with Crippen LogP contribution in [0.3, 0.4) is 0 Å². The molecule has 3 aliphatic rings. The maximum absolute atomic E-state index is 6.55. The van der Waals surface area contributed by atoms with Crippen LogP contribution in [0.4, 0.5) is 0 Å². The van der Waals surface area contributed by atoms with E-state index in [9.17, 15) is 0 Å². The molecule has 2 heteroatoms. The predicted octanol–water partition coefficient (Wildman–Crippen LogP) is 4.28. The number of ether oxygens (including phenoxy) is 1. The topological polar surface area (TPSA) is 21.3 Å². The Kier molecular flexibility index (Phi) is 4.72. The molecule has 2 aliphatic carbocycles. The van der Waals surface area contributed by atoms with Gasteiger partial charge in [-0.2, -0.15) is 0 Å². The summed E-state index contributed by atoms with van der Waals surface area (Å²) in [6, 6.07) is 0.750. The van der Waals surface area contributed by atoms with Crippen molar-refractivity contribution in [2.24, 2.45) is 11.8 Å². The largest absolute Gasteiger partial charge is 0.372 e. The number of hydrogen-bond donors (Lipinski definition) is 1. The van der Waals surface area contributed by atoms with Gasteiger partial charge in [0, 0.05) is 6.04 Å². The van der Waals surface area contributed by atoms with Crippen LogP contribution in [0.15, 0.2) is 0 Å². The van der Waals surface area contributed by atoms with Gasteiger partial charge in [0.25, 0.3) is 0 Å². The normalized spacial score (nSPS) is 40.5. The summed E-state index contributed by atoms with van der Waals surface area (Å²) < 4.78 is 6.55. The fourth-order valence-electron chi connectivity index (χ4n) is 5.08. The van der Waals surface area contributed by atoms with Crippen molar-refractivity contribution in [1.29, 1.82) is 0 Å². The molecule has 116 valence electrons. The van der Waals surface area contributed by atoms with Crippen molar-refractivity contribution < 1.29 is 4.74 Å². The van der Waals surface area contributed by atoms with Crippen molar-refractivity contribution in [3.63, 3.8) is 0 Å². The number of rotatable bonds is 4. The van der Waals surface area contributed by atoms with Crippen LogP contribution in [-0.2, 0) is 4.74 Å². The second-order valence-corrected chi connectivity index (χ2v) is 7.75. The summed E-state index contributed by atoms with van der Waals surface area (Å²) in [7, 11) is 0.